The molecule has 0 aliphatic heterocycles. The lowest BCUT2D eigenvalue weighted by atomic mass is 10.1. The van der Waals surface area contributed by atoms with Crippen LogP contribution in [0.3, 0.4) is 0 Å². The summed E-state index contributed by atoms with van der Waals surface area (Å²) in [5.41, 5.74) is 6.95. The molecular weight excluding hydrogens is 236 g/mol. The van der Waals surface area contributed by atoms with Crippen LogP contribution < -0.4 is 10.5 Å². The molecule has 96 valence electrons. The topological polar surface area (TPSA) is 72.2 Å². The number of anilines is 1. The van der Waals surface area contributed by atoms with Crippen molar-refractivity contribution in [3.63, 3.8) is 0 Å². The Balaban J connectivity index is 2.89. The third kappa shape index (κ3) is 4.02. The van der Waals surface area contributed by atoms with Crippen LogP contribution in [0, 0.1) is 12.8 Å². The molecule has 0 heterocycles. The van der Waals surface area contributed by atoms with Gasteiger partial charge in [0.1, 0.15) is 0 Å². The third-order valence-corrected chi connectivity index (χ3v) is 4.11. The van der Waals surface area contributed by atoms with Crippen LogP contribution in [0.25, 0.3) is 0 Å². The van der Waals surface area contributed by atoms with Crippen LogP contribution in [0.2, 0.25) is 0 Å². The van der Waals surface area contributed by atoms with Gasteiger partial charge in [0.25, 0.3) is 0 Å². The molecule has 1 aromatic rings. The maximum Gasteiger partial charge on any atom is 0.240 e. The molecule has 0 bridgehead atoms. The van der Waals surface area contributed by atoms with Gasteiger partial charge in [0.05, 0.1) is 4.90 Å². The lowest BCUT2D eigenvalue weighted by molar-refractivity contribution is 0.528. The average Bonchev–Trinajstić information content (AvgIpc) is 2.24. The van der Waals surface area contributed by atoms with Crippen molar-refractivity contribution in [1.29, 1.82) is 0 Å². The highest BCUT2D eigenvalue weighted by molar-refractivity contribution is 7.89. The third-order valence-electron chi connectivity index (χ3n) is 2.70. The molecule has 4 nitrogen and oxygen atoms in total. The molecule has 0 radical (unpaired) electrons. The van der Waals surface area contributed by atoms with E-state index in [1.54, 1.807) is 12.1 Å². The van der Waals surface area contributed by atoms with E-state index < -0.39 is 10.0 Å². The smallest absolute Gasteiger partial charge is 0.240 e. The number of nitrogens with one attached hydrogen (secondary N) is 1. The predicted molar refractivity (Wildman–Crippen MR) is 70.2 cm³/mol. The number of aryl methyl sites for hydroxylation is 1. The van der Waals surface area contributed by atoms with Gasteiger partial charge in [0.15, 0.2) is 0 Å². The van der Waals surface area contributed by atoms with Gasteiger partial charge in [0.2, 0.25) is 10.0 Å². The second-order valence-corrected chi connectivity index (χ2v) is 6.21. The summed E-state index contributed by atoms with van der Waals surface area (Å²) in [6.45, 7) is 6.31. The number of nitrogen functional groups attached to an aromatic ring is 1. The highest BCUT2D eigenvalue weighted by atomic mass is 32.2. The Kier molecular flexibility index (Phi) is 4.54. The molecule has 5 heteroatoms. The Morgan fingerprint density at radius 2 is 2.00 bits per heavy atom. The minimum absolute atomic E-state index is 0.235. The Bertz CT molecular complexity index is 463. The molecule has 0 aliphatic rings. The summed E-state index contributed by atoms with van der Waals surface area (Å²) < 4.78 is 26.6. The molecule has 0 spiro atoms. The van der Waals surface area contributed by atoms with Crippen molar-refractivity contribution >= 4 is 15.7 Å². The summed E-state index contributed by atoms with van der Waals surface area (Å²) in [6.07, 6.45) is 0.943. The second-order valence-electron chi connectivity index (χ2n) is 4.44. The zero-order valence-electron chi connectivity index (χ0n) is 10.5. The monoisotopic (exact) mass is 256 g/mol. The van der Waals surface area contributed by atoms with Crippen LogP contribution in [0.15, 0.2) is 23.1 Å². The first-order chi connectivity index (χ1) is 7.85. The van der Waals surface area contributed by atoms with Gasteiger partial charge in [-0.25, -0.2) is 13.1 Å². The van der Waals surface area contributed by atoms with E-state index in [-0.39, 0.29) is 4.90 Å². The molecule has 1 atom stereocenters. The van der Waals surface area contributed by atoms with Gasteiger partial charge in [0, 0.05) is 12.2 Å². The van der Waals surface area contributed by atoms with Crippen molar-refractivity contribution in [2.45, 2.75) is 32.1 Å². The zero-order valence-corrected chi connectivity index (χ0v) is 11.3. The van der Waals surface area contributed by atoms with E-state index in [2.05, 4.69) is 4.72 Å². The molecule has 0 aromatic heterocycles. The highest BCUT2D eigenvalue weighted by Gasteiger charge is 2.15. The normalized spacial score (nSPS) is 13.6. The van der Waals surface area contributed by atoms with E-state index in [0.717, 1.165) is 12.0 Å². The Labute approximate surface area is 103 Å². The van der Waals surface area contributed by atoms with Crippen LogP contribution in [0.4, 0.5) is 5.69 Å². The summed E-state index contributed by atoms with van der Waals surface area (Å²) >= 11 is 0. The SMILES string of the molecule is CCC(C)CNS(=O)(=O)c1cc(C)cc(N)c1. The second kappa shape index (κ2) is 5.51. The average molecular weight is 256 g/mol. The minimum atomic E-state index is -3.44. The maximum atomic E-state index is 12.0. The fourth-order valence-corrected chi connectivity index (χ4v) is 2.71. The lowest BCUT2D eigenvalue weighted by Crippen LogP contribution is -2.28. The number of benzene rings is 1. The van der Waals surface area contributed by atoms with E-state index in [1.807, 2.05) is 20.8 Å². The van der Waals surface area contributed by atoms with E-state index in [0.29, 0.717) is 18.2 Å². The molecular formula is C12H20N2O2S. The van der Waals surface area contributed by atoms with E-state index >= 15 is 0 Å². The van der Waals surface area contributed by atoms with Crippen molar-refractivity contribution in [2.24, 2.45) is 5.92 Å². The van der Waals surface area contributed by atoms with Crippen LogP contribution in [-0.4, -0.2) is 15.0 Å². The van der Waals surface area contributed by atoms with Crippen molar-refractivity contribution in [3.8, 4) is 0 Å². The van der Waals surface area contributed by atoms with Gasteiger partial charge in [-0.1, -0.05) is 20.3 Å². The maximum absolute atomic E-state index is 12.0. The number of hydrogen-bond acceptors (Lipinski definition) is 3. The summed E-state index contributed by atoms with van der Waals surface area (Å²) in [5.74, 6) is 0.326. The van der Waals surface area contributed by atoms with Crippen molar-refractivity contribution in [2.75, 3.05) is 12.3 Å². The highest BCUT2D eigenvalue weighted by Crippen LogP contribution is 2.16. The van der Waals surface area contributed by atoms with Crippen LogP contribution >= 0.6 is 0 Å². The molecule has 17 heavy (non-hydrogen) atoms. The largest absolute Gasteiger partial charge is 0.399 e. The van der Waals surface area contributed by atoms with E-state index in [1.165, 1.54) is 6.07 Å². The van der Waals surface area contributed by atoms with Gasteiger partial charge in [-0.2, -0.15) is 0 Å². The first-order valence-electron chi connectivity index (χ1n) is 5.72. The summed E-state index contributed by atoms with van der Waals surface area (Å²) in [4.78, 5) is 0.235. The van der Waals surface area contributed by atoms with E-state index in [4.69, 9.17) is 5.73 Å². The fourth-order valence-electron chi connectivity index (χ4n) is 1.41. The zero-order chi connectivity index (χ0) is 13.1. The first-order valence-corrected chi connectivity index (χ1v) is 7.20. The van der Waals surface area contributed by atoms with Crippen molar-refractivity contribution in [3.05, 3.63) is 23.8 Å². The minimum Gasteiger partial charge on any atom is -0.399 e. The molecule has 0 amide bonds. The van der Waals surface area contributed by atoms with Gasteiger partial charge in [-0.15, -0.1) is 0 Å². The van der Waals surface area contributed by atoms with Crippen LogP contribution in [0.5, 0.6) is 0 Å². The van der Waals surface area contributed by atoms with E-state index in [9.17, 15) is 8.42 Å². The number of hydrogen-bond donors (Lipinski definition) is 2. The molecule has 0 saturated carbocycles. The van der Waals surface area contributed by atoms with Crippen LogP contribution in [-0.2, 0) is 10.0 Å². The summed E-state index contributed by atoms with van der Waals surface area (Å²) in [5, 5.41) is 0. The standard InChI is InChI=1S/C12H20N2O2S/c1-4-9(2)8-14-17(15,16)12-6-10(3)5-11(13)7-12/h5-7,9,14H,4,8,13H2,1-3H3. The molecule has 0 saturated heterocycles. The van der Waals surface area contributed by atoms with Gasteiger partial charge < -0.3 is 5.73 Å². The fraction of sp³-hybridized carbons (Fsp3) is 0.500. The van der Waals surface area contributed by atoms with Crippen molar-refractivity contribution in [1.82, 2.24) is 4.72 Å². The Morgan fingerprint density at radius 1 is 1.35 bits per heavy atom. The van der Waals surface area contributed by atoms with Gasteiger partial charge in [-0.05, 0) is 36.6 Å². The molecule has 3 N–H and O–H groups in total. The lowest BCUT2D eigenvalue weighted by Gasteiger charge is -2.11. The summed E-state index contributed by atoms with van der Waals surface area (Å²) in [6, 6.07) is 4.84. The molecule has 1 aromatic carbocycles. The quantitative estimate of drug-likeness (QED) is 0.790. The molecule has 1 unspecified atom stereocenters. The first kappa shape index (κ1) is 14.0. The number of rotatable bonds is 5. The number of sulfonamides is 1. The van der Waals surface area contributed by atoms with Gasteiger partial charge >= 0.3 is 0 Å². The van der Waals surface area contributed by atoms with Crippen LogP contribution in [0.1, 0.15) is 25.8 Å². The summed E-state index contributed by atoms with van der Waals surface area (Å²) in [7, 11) is -3.44. The molecule has 0 fully saturated rings. The predicted octanol–water partition coefficient (Wildman–Crippen LogP) is 1.90. The Hall–Kier alpha value is -1.07. The number of nitrogens with two attached hydrogens (primary N) is 1. The van der Waals surface area contributed by atoms with Crippen molar-refractivity contribution < 1.29 is 8.42 Å². The molecule has 0 aliphatic carbocycles. The molecule has 1 rings (SSSR count). The van der Waals surface area contributed by atoms with Gasteiger partial charge in [-0.3, -0.25) is 0 Å². The Morgan fingerprint density at radius 3 is 2.53 bits per heavy atom.